The number of alkyl halides is 3. The van der Waals surface area contributed by atoms with Crippen molar-refractivity contribution < 1.29 is 21.6 Å². The van der Waals surface area contributed by atoms with Crippen LogP contribution >= 0.6 is 31.9 Å². The van der Waals surface area contributed by atoms with Gasteiger partial charge in [-0.05, 0) is 79.4 Å². The number of hydrogen-bond donors (Lipinski definition) is 0. The van der Waals surface area contributed by atoms with E-state index in [4.69, 9.17) is 0 Å². The summed E-state index contributed by atoms with van der Waals surface area (Å²) in [5.74, 6) is 0. The molecule has 3 nitrogen and oxygen atoms in total. The molecular formula is C23H14Br2F3NO2S. The first-order valence-corrected chi connectivity index (χ1v) is 12.3. The van der Waals surface area contributed by atoms with Gasteiger partial charge in [0.15, 0.2) is 0 Å². The Kier molecular flexibility index (Phi) is 6.08. The molecule has 3 aromatic carbocycles. The van der Waals surface area contributed by atoms with Crippen LogP contribution in [0.1, 0.15) is 11.1 Å². The third kappa shape index (κ3) is 4.29. The summed E-state index contributed by atoms with van der Waals surface area (Å²) in [6.45, 7) is 0. The predicted molar refractivity (Wildman–Crippen MR) is 127 cm³/mol. The fraction of sp³-hybridized carbons (Fsp3) is 0.0435. The monoisotopic (exact) mass is 583 g/mol. The Bertz CT molecular complexity index is 1440. The average Bonchev–Trinajstić information content (AvgIpc) is 3.14. The van der Waals surface area contributed by atoms with Crippen LogP contribution in [0.5, 0.6) is 0 Å². The molecule has 0 unspecified atom stereocenters. The van der Waals surface area contributed by atoms with Gasteiger partial charge in [0.1, 0.15) is 0 Å². The molecule has 0 bridgehead atoms. The first kappa shape index (κ1) is 22.8. The highest BCUT2D eigenvalue weighted by molar-refractivity contribution is 9.28. The first-order valence-electron chi connectivity index (χ1n) is 9.24. The summed E-state index contributed by atoms with van der Waals surface area (Å²) >= 11 is 6.70. The van der Waals surface area contributed by atoms with Gasteiger partial charge in [-0.25, -0.2) is 12.4 Å². The fourth-order valence-electron chi connectivity index (χ4n) is 3.48. The van der Waals surface area contributed by atoms with Gasteiger partial charge in [-0.2, -0.15) is 13.2 Å². The van der Waals surface area contributed by atoms with Gasteiger partial charge >= 0.3 is 6.18 Å². The van der Waals surface area contributed by atoms with E-state index < -0.39 is 21.8 Å². The van der Waals surface area contributed by atoms with Crippen LogP contribution in [0.25, 0.3) is 28.1 Å². The van der Waals surface area contributed by atoms with Crippen LogP contribution in [0, 0.1) is 0 Å². The van der Waals surface area contributed by atoms with E-state index in [0.717, 1.165) is 42.8 Å². The molecule has 0 fully saturated rings. The largest absolute Gasteiger partial charge is 0.416 e. The zero-order valence-electron chi connectivity index (χ0n) is 16.1. The van der Waals surface area contributed by atoms with Gasteiger partial charge in [0.2, 0.25) is 0 Å². The molecule has 0 aliphatic carbocycles. The number of para-hydroxylation sites is 1. The second-order valence-electron chi connectivity index (χ2n) is 6.90. The number of benzene rings is 3. The number of aromatic nitrogens is 1. The molecule has 1 aromatic heterocycles. The number of halogens is 5. The molecule has 0 aliphatic heterocycles. The fourth-order valence-corrected chi connectivity index (χ4v) is 5.34. The zero-order valence-corrected chi connectivity index (χ0v) is 20.1. The van der Waals surface area contributed by atoms with Crippen LogP contribution in [0.15, 0.2) is 87.3 Å². The Balaban J connectivity index is 1.92. The Morgan fingerprint density at radius 2 is 1.47 bits per heavy atom. The van der Waals surface area contributed by atoms with Crippen molar-refractivity contribution in [3.05, 3.63) is 93.5 Å². The quantitative estimate of drug-likeness (QED) is 0.247. The highest BCUT2D eigenvalue weighted by atomic mass is 79.9. The van der Waals surface area contributed by atoms with Gasteiger partial charge in [0.05, 0.1) is 19.4 Å². The lowest BCUT2D eigenvalue weighted by molar-refractivity contribution is -0.137. The molecule has 4 rings (SSSR count). The lowest BCUT2D eigenvalue weighted by atomic mass is 9.99. The second kappa shape index (κ2) is 8.53. The van der Waals surface area contributed by atoms with Crippen molar-refractivity contribution in [1.29, 1.82) is 0 Å². The molecule has 0 saturated carbocycles. The molecule has 0 spiro atoms. The molecule has 0 aliphatic rings. The van der Waals surface area contributed by atoms with Crippen LogP contribution in [0.2, 0.25) is 0 Å². The lowest BCUT2D eigenvalue weighted by Gasteiger charge is -2.10. The minimum absolute atomic E-state index is 0.228. The van der Waals surface area contributed by atoms with Gasteiger partial charge in [0, 0.05) is 17.1 Å². The van der Waals surface area contributed by atoms with Crippen LogP contribution in [0.4, 0.5) is 13.2 Å². The molecule has 164 valence electrons. The van der Waals surface area contributed by atoms with Crippen molar-refractivity contribution in [1.82, 2.24) is 3.97 Å². The van der Waals surface area contributed by atoms with Crippen molar-refractivity contribution >= 4 is 58.9 Å². The highest BCUT2D eigenvalue weighted by Gasteiger charge is 2.31. The topological polar surface area (TPSA) is 39.1 Å². The maximum atomic E-state index is 13.4. The maximum Gasteiger partial charge on any atom is 0.416 e. The van der Waals surface area contributed by atoms with E-state index in [1.165, 1.54) is 6.20 Å². The number of hydrogen-bond acceptors (Lipinski definition) is 2. The summed E-state index contributed by atoms with van der Waals surface area (Å²) in [5.41, 5.74) is 1.87. The van der Waals surface area contributed by atoms with E-state index >= 15 is 0 Å². The Morgan fingerprint density at radius 1 is 0.844 bits per heavy atom. The van der Waals surface area contributed by atoms with Gasteiger partial charge in [-0.1, -0.05) is 42.5 Å². The number of rotatable bonds is 4. The molecule has 9 heteroatoms. The molecule has 0 saturated heterocycles. The van der Waals surface area contributed by atoms with E-state index in [1.807, 2.05) is 36.4 Å². The van der Waals surface area contributed by atoms with E-state index in [-0.39, 0.29) is 4.90 Å². The predicted octanol–water partition coefficient (Wildman–Crippen LogP) is 7.65. The Hall–Kier alpha value is -2.36. The Morgan fingerprint density at radius 3 is 2.12 bits per heavy atom. The molecule has 1 heterocycles. The zero-order chi connectivity index (χ0) is 23.1. The smallest absolute Gasteiger partial charge is 0.241 e. The van der Waals surface area contributed by atoms with Crippen molar-refractivity contribution in [2.24, 2.45) is 0 Å². The van der Waals surface area contributed by atoms with Crippen molar-refractivity contribution in [3.63, 3.8) is 0 Å². The maximum absolute atomic E-state index is 13.4. The van der Waals surface area contributed by atoms with Crippen molar-refractivity contribution in [3.8, 4) is 11.1 Å². The van der Waals surface area contributed by atoms with Gasteiger partial charge in [-0.3, -0.25) is 0 Å². The van der Waals surface area contributed by atoms with Crippen molar-refractivity contribution in [2.75, 3.05) is 0 Å². The molecule has 0 amide bonds. The summed E-state index contributed by atoms with van der Waals surface area (Å²) in [6, 6.07) is 18.0. The van der Waals surface area contributed by atoms with E-state index in [9.17, 15) is 21.6 Å². The Labute approximate surface area is 199 Å². The summed E-state index contributed by atoms with van der Waals surface area (Å²) in [4.78, 5) is -0.228. The van der Waals surface area contributed by atoms with Crippen LogP contribution in [-0.2, 0) is 16.2 Å². The normalized spacial score (nSPS) is 12.2. The van der Waals surface area contributed by atoms with Gasteiger partial charge in [0.25, 0.3) is 10.0 Å². The van der Waals surface area contributed by atoms with Crippen LogP contribution in [0.3, 0.4) is 0 Å². The molecule has 4 aromatic rings. The van der Waals surface area contributed by atoms with Crippen LogP contribution < -0.4 is 0 Å². The summed E-state index contributed by atoms with van der Waals surface area (Å²) in [6.07, 6.45) is -1.19. The first-order chi connectivity index (χ1) is 15.1. The van der Waals surface area contributed by atoms with Gasteiger partial charge < -0.3 is 0 Å². The van der Waals surface area contributed by atoms with E-state index in [1.54, 1.807) is 18.2 Å². The minimum atomic E-state index is -4.55. The average molecular weight is 585 g/mol. The molecule has 0 atom stereocenters. The van der Waals surface area contributed by atoms with Crippen molar-refractivity contribution in [2.45, 2.75) is 11.1 Å². The standard InChI is InChI=1S/C23H14Br2F3NO2S/c24-22(25)13-15-5-1-2-6-18(15)20-14-29(21-8-4-3-7-19(20)21)32(30,31)17-11-9-16(10-12-17)23(26,27)28/h1-14H. The molecule has 32 heavy (non-hydrogen) atoms. The minimum Gasteiger partial charge on any atom is -0.241 e. The second-order valence-corrected chi connectivity index (χ2v) is 11.5. The highest BCUT2D eigenvalue weighted by Crippen LogP contribution is 2.36. The number of nitrogens with zero attached hydrogens (tertiary/aromatic N) is 1. The molecule has 0 radical (unpaired) electrons. The number of fused-ring (bicyclic) bond motifs is 1. The lowest BCUT2D eigenvalue weighted by Crippen LogP contribution is -2.12. The SMILES string of the molecule is O=S(=O)(c1ccc(C(F)(F)F)cc1)n1cc(-c2ccccc2C=C(Br)Br)c2ccccc21. The summed E-state index contributed by atoms with van der Waals surface area (Å²) in [7, 11) is -4.14. The third-order valence-corrected chi connectivity index (χ3v) is 7.08. The van der Waals surface area contributed by atoms with E-state index in [0.29, 0.717) is 16.5 Å². The molecule has 0 N–H and O–H groups in total. The third-order valence-electron chi connectivity index (χ3n) is 4.93. The molecular weight excluding hydrogens is 571 g/mol. The van der Waals surface area contributed by atoms with E-state index in [2.05, 4.69) is 31.9 Å². The van der Waals surface area contributed by atoms with Gasteiger partial charge in [-0.15, -0.1) is 0 Å². The van der Waals surface area contributed by atoms with Crippen LogP contribution in [-0.4, -0.2) is 12.4 Å². The summed E-state index contributed by atoms with van der Waals surface area (Å²) in [5, 5.41) is 0.703. The summed E-state index contributed by atoms with van der Waals surface area (Å²) < 4.78 is 67.3.